The highest BCUT2D eigenvalue weighted by Crippen LogP contribution is 2.29. The number of benzene rings is 1. The quantitative estimate of drug-likeness (QED) is 0.391. The highest BCUT2D eigenvalue weighted by Gasteiger charge is 2.17. The Balaban J connectivity index is 1.50. The van der Waals surface area contributed by atoms with E-state index in [-0.39, 0.29) is 0 Å². The maximum Gasteiger partial charge on any atom is 0.248 e. The number of aromatic nitrogens is 7. The van der Waals surface area contributed by atoms with Crippen LogP contribution in [0.5, 0.6) is 0 Å². The van der Waals surface area contributed by atoms with Crippen LogP contribution >= 0.6 is 0 Å². The Bertz CT molecular complexity index is 1390. The molecule has 0 atom stereocenters. The largest absolute Gasteiger partial charge is 0.378 e. The van der Waals surface area contributed by atoms with Gasteiger partial charge in [-0.25, -0.2) is 14.5 Å². The van der Waals surface area contributed by atoms with E-state index in [9.17, 15) is 4.79 Å². The van der Waals surface area contributed by atoms with Gasteiger partial charge in [0.05, 0.1) is 12.2 Å². The SMILES string of the molecule is Cn1ccc(-c2nc(CNc3cccc(C(N)=O)c3)[nH]c2-c2ccc3ncnn3c2)n1. The highest BCUT2D eigenvalue weighted by molar-refractivity contribution is 5.93. The number of fused-ring (bicyclic) bond motifs is 1. The Hall–Kier alpha value is -4.47. The predicted octanol–water partition coefficient (Wildman–Crippen LogP) is 2.23. The number of primary amides is 1. The average Bonchev–Trinajstić information content (AvgIpc) is 3.51. The number of nitrogens with one attached hydrogen (secondary N) is 2. The molecule has 31 heavy (non-hydrogen) atoms. The molecule has 0 spiro atoms. The van der Waals surface area contributed by atoms with Gasteiger partial charge in [0.2, 0.25) is 5.91 Å². The minimum absolute atomic E-state index is 0.424. The van der Waals surface area contributed by atoms with Crippen LogP contribution in [0.15, 0.2) is 61.2 Å². The average molecular weight is 413 g/mol. The van der Waals surface area contributed by atoms with Crippen molar-refractivity contribution in [3.8, 4) is 22.6 Å². The van der Waals surface area contributed by atoms with Gasteiger partial charge in [-0.05, 0) is 36.4 Å². The topological polar surface area (TPSA) is 132 Å². The lowest BCUT2D eigenvalue weighted by atomic mass is 10.1. The normalized spacial score (nSPS) is 11.1. The summed E-state index contributed by atoms with van der Waals surface area (Å²) in [4.78, 5) is 23.8. The molecule has 10 heteroatoms. The number of hydrogen-bond acceptors (Lipinski definition) is 6. The van der Waals surface area contributed by atoms with E-state index in [1.807, 2.05) is 43.7 Å². The number of aromatic amines is 1. The van der Waals surface area contributed by atoms with Crippen LogP contribution in [0.2, 0.25) is 0 Å². The van der Waals surface area contributed by atoms with Crippen molar-refractivity contribution in [3.05, 3.63) is 72.6 Å². The van der Waals surface area contributed by atoms with Crippen LogP contribution in [0, 0.1) is 0 Å². The van der Waals surface area contributed by atoms with Crippen molar-refractivity contribution in [1.29, 1.82) is 0 Å². The summed E-state index contributed by atoms with van der Waals surface area (Å²) in [5.41, 5.74) is 10.6. The number of rotatable bonds is 6. The van der Waals surface area contributed by atoms with Gasteiger partial charge in [-0.1, -0.05) is 6.07 Å². The van der Waals surface area contributed by atoms with E-state index in [1.54, 1.807) is 27.4 Å². The number of nitrogens with two attached hydrogens (primary N) is 1. The number of imidazole rings is 1. The molecule has 0 aliphatic heterocycles. The molecule has 0 aliphatic rings. The van der Waals surface area contributed by atoms with Gasteiger partial charge < -0.3 is 16.0 Å². The van der Waals surface area contributed by atoms with Crippen molar-refractivity contribution in [2.45, 2.75) is 6.54 Å². The summed E-state index contributed by atoms with van der Waals surface area (Å²) in [6.45, 7) is 0.424. The first-order valence-electron chi connectivity index (χ1n) is 9.59. The van der Waals surface area contributed by atoms with Crippen molar-refractivity contribution in [3.63, 3.8) is 0 Å². The summed E-state index contributed by atoms with van der Waals surface area (Å²) in [5.74, 6) is 0.253. The second kappa shape index (κ2) is 7.41. The zero-order chi connectivity index (χ0) is 21.4. The second-order valence-electron chi connectivity index (χ2n) is 7.06. The summed E-state index contributed by atoms with van der Waals surface area (Å²) >= 11 is 0. The van der Waals surface area contributed by atoms with E-state index in [0.29, 0.717) is 12.1 Å². The molecule has 154 valence electrons. The lowest BCUT2D eigenvalue weighted by Crippen LogP contribution is -2.11. The molecule has 0 bridgehead atoms. The Kier molecular flexibility index (Phi) is 4.43. The molecule has 0 saturated carbocycles. The molecule has 1 aromatic carbocycles. The van der Waals surface area contributed by atoms with Gasteiger partial charge in [0.25, 0.3) is 0 Å². The van der Waals surface area contributed by atoms with E-state index < -0.39 is 5.91 Å². The molecule has 4 N–H and O–H groups in total. The van der Waals surface area contributed by atoms with E-state index in [1.165, 1.54) is 6.33 Å². The smallest absolute Gasteiger partial charge is 0.248 e. The van der Waals surface area contributed by atoms with Gasteiger partial charge in [-0.3, -0.25) is 9.48 Å². The van der Waals surface area contributed by atoms with Gasteiger partial charge in [-0.2, -0.15) is 10.2 Å². The molecule has 0 fully saturated rings. The monoisotopic (exact) mass is 413 g/mol. The fourth-order valence-electron chi connectivity index (χ4n) is 3.37. The molecular formula is C21H19N9O. The van der Waals surface area contributed by atoms with E-state index in [4.69, 9.17) is 10.7 Å². The Morgan fingerprint density at radius 2 is 2.13 bits per heavy atom. The van der Waals surface area contributed by atoms with Gasteiger partial charge in [0.15, 0.2) is 5.65 Å². The zero-order valence-corrected chi connectivity index (χ0v) is 16.6. The van der Waals surface area contributed by atoms with Crippen molar-refractivity contribution >= 4 is 17.2 Å². The molecule has 0 saturated heterocycles. The first-order chi connectivity index (χ1) is 15.1. The number of carbonyl (C=O) groups is 1. The third-order valence-corrected chi connectivity index (χ3v) is 4.88. The fraction of sp³-hybridized carbons (Fsp3) is 0.0952. The van der Waals surface area contributed by atoms with Gasteiger partial charge in [0.1, 0.15) is 23.5 Å². The molecule has 4 aromatic heterocycles. The van der Waals surface area contributed by atoms with Crippen molar-refractivity contribution < 1.29 is 4.79 Å². The Labute approximate surface area is 176 Å². The minimum atomic E-state index is -0.468. The molecule has 10 nitrogen and oxygen atoms in total. The Morgan fingerprint density at radius 3 is 2.94 bits per heavy atom. The molecule has 5 rings (SSSR count). The van der Waals surface area contributed by atoms with Crippen molar-refractivity contribution in [2.24, 2.45) is 12.8 Å². The van der Waals surface area contributed by atoms with Crippen LogP contribution in [0.25, 0.3) is 28.3 Å². The van der Waals surface area contributed by atoms with Gasteiger partial charge in [-0.15, -0.1) is 0 Å². The van der Waals surface area contributed by atoms with E-state index in [2.05, 4.69) is 25.5 Å². The molecule has 0 aliphatic carbocycles. The number of anilines is 1. The number of pyridine rings is 1. The lowest BCUT2D eigenvalue weighted by Gasteiger charge is -2.05. The molecule has 0 unspecified atom stereocenters. The summed E-state index contributed by atoms with van der Waals surface area (Å²) in [6.07, 6.45) is 5.29. The van der Waals surface area contributed by atoms with Crippen LogP contribution in [0.4, 0.5) is 5.69 Å². The van der Waals surface area contributed by atoms with Crippen LogP contribution in [0.1, 0.15) is 16.2 Å². The predicted molar refractivity (Wildman–Crippen MR) is 115 cm³/mol. The molecule has 1 amide bonds. The standard InChI is InChI=1S/C21H19N9O/c1-29-8-7-16(28-29)20-19(14-5-6-18-24-12-25-30(18)11-14)26-17(27-20)10-23-15-4-2-3-13(9-15)21(22)31/h2-9,11-12,23H,10H2,1H3,(H2,22,31)(H,26,27). The number of carbonyl (C=O) groups excluding carboxylic acids is 1. The minimum Gasteiger partial charge on any atom is -0.378 e. The summed E-state index contributed by atoms with van der Waals surface area (Å²) in [6, 6.07) is 12.8. The van der Waals surface area contributed by atoms with Crippen molar-refractivity contribution in [1.82, 2.24) is 34.3 Å². The third-order valence-electron chi connectivity index (χ3n) is 4.88. The first-order valence-corrected chi connectivity index (χ1v) is 9.59. The van der Waals surface area contributed by atoms with Crippen molar-refractivity contribution in [2.75, 3.05) is 5.32 Å². The maximum atomic E-state index is 11.4. The summed E-state index contributed by atoms with van der Waals surface area (Å²) < 4.78 is 3.45. The number of aryl methyl sites for hydroxylation is 1. The van der Waals surface area contributed by atoms with Gasteiger partial charge in [0, 0.05) is 36.3 Å². The number of amides is 1. The third kappa shape index (κ3) is 3.62. The van der Waals surface area contributed by atoms with Crippen LogP contribution in [-0.2, 0) is 13.6 Å². The second-order valence-corrected chi connectivity index (χ2v) is 7.06. The zero-order valence-electron chi connectivity index (χ0n) is 16.6. The summed E-state index contributed by atoms with van der Waals surface area (Å²) in [5, 5.41) is 12.0. The van der Waals surface area contributed by atoms with Crippen LogP contribution < -0.4 is 11.1 Å². The molecule has 0 radical (unpaired) electrons. The Morgan fingerprint density at radius 1 is 1.23 bits per heavy atom. The number of H-pyrrole nitrogens is 1. The molecular weight excluding hydrogens is 394 g/mol. The first kappa shape index (κ1) is 18.6. The fourth-order valence-corrected chi connectivity index (χ4v) is 3.37. The number of hydrogen-bond donors (Lipinski definition) is 3. The molecule has 4 heterocycles. The van der Waals surface area contributed by atoms with Crippen LogP contribution in [-0.4, -0.2) is 40.3 Å². The van der Waals surface area contributed by atoms with Crippen LogP contribution in [0.3, 0.4) is 0 Å². The number of nitrogens with zero attached hydrogens (tertiary/aromatic N) is 6. The van der Waals surface area contributed by atoms with E-state index >= 15 is 0 Å². The lowest BCUT2D eigenvalue weighted by molar-refractivity contribution is 0.100. The summed E-state index contributed by atoms with van der Waals surface area (Å²) in [7, 11) is 1.87. The maximum absolute atomic E-state index is 11.4. The molecule has 5 aromatic rings. The van der Waals surface area contributed by atoms with Gasteiger partial charge >= 0.3 is 0 Å². The highest BCUT2D eigenvalue weighted by atomic mass is 16.1. The van der Waals surface area contributed by atoms with E-state index in [0.717, 1.165) is 39.8 Å².